The maximum absolute atomic E-state index is 12.2. The second kappa shape index (κ2) is 13.7. The fourth-order valence-corrected chi connectivity index (χ4v) is 3.34. The maximum atomic E-state index is 12.2. The first-order valence-corrected chi connectivity index (χ1v) is 11.9. The first kappa shape index (κ1) is 27.3. The molecule has 0 saturated heterocycles. The van der Waals surface area contributed by atoms with Gasteiger partial charge in [0.05, 0.1) is 23.6 Å². The number of halogens is 2. The van der Waals surface area contributed by atoms with E-state index in [1.165, 1.54) is 6.07 Å². The number of carbonyl (C=O) groups excluding carboxylic acids is 4. The van der Waals surface area contributed by atoms with E-state index in [0.29, 0.717) is 38.6 Å². The first-order chi connectivity index (χ1) is 16.2. The van der Waals surface area contributed by atoms with Gasteiger partial charge in [-0.3, -0.25) is 14.4 Å². The largest absolute Gasteiger partial charge is 0.462 e. The molecule has 0 spiro atoms. The molecule has 0 saturated carbocycles. The zero-order chi connectivity index (χ0) is 25.1. The third-order valence-corrected chi connectivity index (χ3v) is 6.02. The minimum atomic E-state index is -0.691. The molecule has 0 unspecified atom stereocenters. The van der Waals surface area contributed by atoms with E-state index in [2.05, 4.69) is 26.6 Å². The molecule has 0 atom stereocenters. The molecular weight excluding hydrogens is 528 g/mol. The summed E-state index contributed by atoms with van der Waals surface area (Å²) in [5.41, 5.74) is 1.91. The Hall–Kier alpha value is -2.91. The Balaban J connectivity index is 1.75. The minimum Gasteiger partial charge on any atom is -0.462 e. The summed E-state index contributed by atoms with van der Waals surface area (Å²) in [6, 6.07) is 9.72. The van der Waals surface area contributed by atoms with Crippen molar-refractivity contribution in [3.63, 3.8) is 0 Å². The number of ether oxygens (including phenoxy) is 2. The quantitative estimate of drug-likeness (QED) is 0.290. The van der Waals surface area contributed by atoms with Crippen molar-refractivity contribution >= 4 is 62.7 Å². The number of benzene rings is 2. The van der Waals surface area contributed by atoms with Crippen LogP contribution in [0.2, 0.25) is 5.02 Å². The molecule has 10 heteroatoms. The van der Waals surface area contributed by atoms with E-state index in [4.69, 9.17) is 21.1 Å². The van der Waals surface area contributed by atoms with Crippen LogP contribution in [0.5, 0.6) is 0 Å². The fraction of sp³-hybridized carbons (Fsp3) is 0.333. The number of unbranched alkanes of at least 4 members (excludes halogenated alkanes) is 1. The van der Waals surface area contributed by atoms with Gasteiger partial charge in [-0.05, 0) is 65.2 Å². The number of anilines is 2. The standard InChI is InChI=1S/C24H26BrClN2O6/c1-3-4-12-33-24(32)16-6-5-7-17(13-16)27-20(29)10-11-22(31)34-14-21(30)28-19-9-8-18(25)23(26)15(19)2/h5-9,13H,3-4,10-12,14H2,1-2H3,(H,27,29)(H,28,30). The number of amides is 2. The molecule has 182 valence electrons. The molecule has 0 heterocycles. The van der Waals surface area contributed by atoms with E-state index in [9.17, 15) is 19.2 Å². The highest BCUT2D eigenvalue weighted by Gasteiger charge is 2.14. The molecule has 0 fully saturated rings. The predicted molar refractivity (Wildman–Crippen MR) is 133 cm³/mol. The molecule has 2 aromatic rings. The highest BCUT2D eigenvalue weighted by molar-refractivity contribution is 9.10. The molecule has 34 heavy (non-hydrogen) atoms. The summed E-state index contributed by atoms with van der Waals surface area (Å²) in [5.74, 6) is -2.11. The van der Waals surface area contributed by atoms with Crippen molar-refractivity contribution in [1.82, 2.24) is 0 Å². The average molecular weight is 554 g/mol. The van der Waals surface area contributed by atoms with Crippen LogP contribution in [0.4, 0.5) is 11.4 Å². The zero-order valence-electron chi connectivity index (χ0n) is 18.9. The number of hydrogen-bond donors (Lipinski definition) is 2. The normalized spacial score (nSPS) is 10.4. The number of hydrogen-bond acceptors (Lipinski definition) is 6. The summed E-state index contributed by atoms with van der Waals surface area (Å²) in [7, 11) is 0. The molecule has 2 aromatic carbocycles. The lowest BCUT2D eigenvalue weighted by Crippen LogP contribution is -2.22. The molecule has 0 bridgehead atoms. The van der Waals surface area contributed by atoms with Gasteiger partial charge >= 0.3 is 11.9 Å². The van der Waals surface area contributed by atoms with Gasteiger partial charge < -0.3 is 20.1 Å². The predicted octanol–water partition coefficient (Wildman–Crippen LogP) is 5.27. The number of nitrogens with one attached hydrogen (secondary N) is 2. The Morgan fingerprint density at radius 2 is 1.76 bits per heavy atom. The van der Waals surface area contributed by atoms with E-state index in [0.717, 1.165) is 12.8 Å². The van der Waals surface area contributed by atoms with E-state index in [-0.39, 0.29) is 12.8 Å². The van der Waals surface area contributed by atoms with Crippen LogP contribution in [0.3, 0.4) is 0 Å². The van der Waals surface area contributed by atoms with Crippen molar-refractivity contribution in [2.45, 2.75) is 39.5 Å². The summed E-state index contributed by atoms with van der Waals surface area (Å²) in [4.78, 5) is 48.2. The Bertz CT molecular complexity index is 1060. The van der Waals surface area contributed by atoms with Crippen LogP contribution in [0.15, 0.2) is 40.9 Å². The number of esters is 2. The third kappa shape index (κ3) is 8.79. The van der Waals surface area contributed by atoms with Crippen LogP contribution in [-0.4, -0.2) is 37.0 Å². The van der Waals surface area contributed by atoms with Crippen LogP contribution in [0, 0.1) is 6.92 Å². The second-order valence-electron chi connectivity index (χ2n) is 7.36. The van der Waals surface area contributed by atoms with Gasteiger partial charge in [0.15, 0.2) is 6.61 Å². The molecular formula is C24H26BrClN2O6. The summed E-state index contributed by atoms with van der Waals surface area (Å²) in [5, 5.41) is 5.72. The zero-order valence-corrected chi connectivity index (χ0v) is 21.3. The molecule has 0 radical (unpaired) electrons. The van der Waals surface area contributed by atoms with Crippen molar-refractivity contribution in [3.8, 4) is 0 Å². The third-order valence-electron chi connectivity index (χ3n) is 4.65. The second-order valence-corrected chi connectivity index (χ2v) is 8.59. The van der Waals surface area contributed by atoms with E-state index >= 15 is 0 Å². The van der Waals surface area contributed by atoms with E-state index < -0.39 is 30.4 Å². The Labute approximate surface area is 211 Å². The van der Waals surface area contributed by atoms with Crippen LogP contribution in [0.1, 0.15) is 48.5 Å². The molecule has 0 aliphatic heterocycles. The molecule has 2 amide bonds. The lowest BCUT2D eigenvalue weighted by atomic mass is 10.2. The summed E-state index contributed by atoms with van der Waals surface area (Å²) in [6.07, 6.45) is 1.34. The van der Waals surface area contributed by atoms with Crippen molar-refractivity contribution < 1.29 is 28.7 Å². The fourth-order valence-electron chi connectivity index (χ4n) is 2.75. The topological polar surface area (TPSA) is 111 Å². The molecule has 2 rings (SSSR count). The Morgan fingerprint density at radius 3 is 2.50 bits per heavy atom. The van der Waals surface area contributed by atoms with Gasteiger partial charge in [0.25, 0.3) is 5.91 Å². The Morgan fingerprint density at radius 1 is 1.00 bits per heavy atom. The first-order valence-electron chi connectivity index (χ1n) is 10.7. The van der Waals surface area contributed by atoms with Gasteiger partial charge in [-0.2, -0.15) is 0 Å². The number of rotatable bonds is 11. The van der Waals surface area contributed by atoms with Crippen LogP contribution in [-0.2, 0) is 23.9 Å². The van der Waals surface area contributed by atoms with Crippen LogP contribution < -0.4 is 10.6 Å². The van der Waals surface area contributed by atoms with Gasteiger partial charge in [0.2, 0.25) is 5.91 Å². The van der Waals surface area contributed by atoms with Gasteiger partial charge in [0, 0.05) is 22.3 Å². The summed E-state index contributed by atoms with van der Waals surface area (Å²) >= 11 is 9.43. The van der Waals surface area contributed by atoms with Crippen molar-refractivity contribution in [2.24, 2.45) is 0 Å². The van der Waals surface area contributed by atoms with Gasteiger partial charge in [-0.1, -0.05) is 31.0 Å². The molecule has 0 aliphatic carbocycles. The average Bonchev–Trinajstić information content (AvgIpc) is 2.82. The molecule has 0 aromatic heterocycles. The Kier molecular flexibility index (Phi) is 11.0. The van der Waals surface area contributed by atoms with Crippen molar-refractivity contribution in [1.29, 1.82) is 0 Å². The molecule has 8 nitrogen and oxygen atoms in total. The highest BCUT2D eigenvalue weighted by Crippen LogP contribution is 2.30. The molecule has 2 N–H and O–H groups in total. The van der Waals surface area contributed by atoms with Gasteiger partial charge in [-0.25, -0.2) is 4.79 Å². The van der Waals surface area contributed by atoms with E-state index in [1.807, 2.05) is 6.92 Å². The minimum absolute atomic E-state index is 0.146. The van der Waals surface area contributed by atoms with Crippen molar-refractivity contribution in [2.75, 3.05) is 23.8 Å². The van der Waals surface area contributed by atoms with Crippen LogP contribution in [0.25, 0.3) is 0 Å². The maximum Gasteiger partial charge on any atom is 0.338 e. The SMILES string of the molecule is CCCCOC(=O)c1cccc(NC(=O)CCC(=O)OCC(=O)Nc2ccc(Br)c(Cl)c2C)c1. The highest BCUT2D eigenvalue weighted by atomic mass is 79.9. The number of carbonyl (C=O) groups is 4. The lowest BCUT2D eigenvalue weighted by molar-refractivity contribution is -0.147. The smallest absolute Gasteiger partial charge is 0.338 e. The van der Waals surface area contributed by atoms with Gasteiger partial charge in [0.1, 0.15) is 0 Å². The van der Waals surface area contributed by atoms with Gasteiger partial charge in [-0.15, -0.1) is 0 Å². The molecule has 0 aliphatic rings. The van der Waals surface area contributed by atoms with Crippen LogP contribution >= 0.6 is 27.5 Å². The lowest BCUT2D eigenvalue weighted by Gasteiger charge is -2.11. The van der Waals surface area contributed by atoms with E-state index in [1.54, 1.807) is 37.3 Å². The monoisotopic (exact) mass is 552 g/mol. The summed E-state index contributed by atoms with van der Waals surface area (Å²) in [6.45, 7) is 3.59. The summed E-state index contributed by atoms with van der Waals surface area (Å²) < 4.78 is 10.8. The van der Waals surface area contributed by atoms with Crippen molar-refractivity contribution in [3.05, 3.63) is 57.0 Å².